The highest BCUT2D eigenvalue weighted by Crippen LogP contribution is 2.25. The fourth-order valence-electron chi connectivity index (χ4n) is 11.2. The summed E-state index contributed by atoms with van der Waals surface area (Å²) in [5.41, 5.74) is 1.19. The molecule has 1 fully saturated rings. The van der Waals surface area contributed by atoms with Crippen molar-refractivity contribution in [1.82, 2.24) is 40.9 Å². The minimum absolute atomic E-state index is 0.0213. The molecule has 0 bridgehead atoms. The summed E-state index contributed by atoms with van der Waals surface area (Å²) in [6.07, 6.45) is 1.69. The SMILES string of the molecule is O=CO[C@H](CCCCNC(=O)CCCCCCC(=O)CCCCC[C@@H](CC(=O)[C@@H](Cc1ccccc1)NC(=O)[C@H](CC(=O)CCC(C(=O)O)N1CCN(CC(=O)O)CCN(CC(=O)O)CCN(CC(=O)O)CC1)Cc1ccc(O)c(I)c1)C(=O)O)NC(=O)N[C@@H](CCC(=O)O)OC=O. The zero-order chi connectivity index (χ0) is 72.4. The number of amides is 4. The van der Waals surface area contributed by atoms with E-state index in [4.69, 9.17) is 9.84 Å². The molecule has 0 aromatic heterocycles. The van der Waals surface area contributed by atoms with Gasteiger partial charge in [-0.05, 0) is 104 Å². The molecule has 0 saturated carbocycles. The Bertz CT molecular complexity index is 2890. The maximum atomic E-state index is 14.6. The Morgan fingerprint density at radius 2 is 1.03 bits per heavy atom. The van der Waals surface area contributed by atoms with Crippen LogP contribution in [0.5, 0.6) is 5.75 Å². The molecule has 1 aliphatic rings. The zero-order valence-electron chi connectivity index (χ0n) is 55.1. The van der Waals surface area contributed by atoms with E-state index in [9.17, 15) is 97.8 Å². The topological polar surface area (TPSA) is 460 Å². The molecule has 1 heterocycles. The van der Waals surface area contributed by atoms with Crippen molar-refractivity contribution in [2.75, 3.05) is 78.5 Å². The van der Waals surface area contributed by atoms with Crippen LogP contribution in [0.4, 0.5) is 4.79 Å². The minimum Gasteiger partial charge on any atom is -0.507 e. The zero-order valence-corrected chi connectivity index (χ0v) is 57.3. The highest BCUT2D eigenvalue weighted by molar-refractivity contribution is 14.1. The van der Waals surface area contributed by atoms with Crippen molar-refractivity contribution >= 4 is 107 Å². The third kappa shape index (κ3) is 36.9. The summed E-state index contributed by atoms with van der Waals surface area (Å²) in [7, 11) is 0. The number of urea groups is 1. The van der Waals surface area contributed by atoms with Gasteiger partial charge in [-0.25, -0.2) is 4.79 Å². The molecular weight excluding hydrogens is 1400 g/mol. The summed E-state index contributed by atoms with van der Waals surface area (Å²) in [6, 6.07) is 9.87. The van der Waals surface area contributed by atoms with Gasteiger partial charge in [0.15, 0.2) is 18.2 Å². The summed E-state index contributed by atoms with van der Waals surface area (Å²) in [5.74, 6) is -11.4. The number of carboxylic acid groups (broad SMARTS) is 6. The largest absolute Gasteiger partial charge is 0.507 e. The van der Waals surface area contributed by atoms with Gasteiger partial charge < -0.3 is 66.5 Å². The summed E-state index contributed by atoms with van der Waals surface area (Å²) < 4.78 is 10.0. The molecule has 1 unspecified atom stereocenters. The van der Waals surface area contributed by atoms with Gasteiger partial charge in [0.25, 0.3) is 12.9 Å². The van der Waals surface area contributed by atoms with E-state index in [0.29, 0.717) is 85.5 Å². The average molecular weight is 1500 g/mol. The molecule has 544 valence electrons. The van der Waals surface area contributed by atoms with Crippen molar-refractivity contribution in [3.8, 4) is 5.75 Å². The molecule has 4 amide bonds. The van der Waals surface area contributed by atoms with Gasteiger partial charge in [-0.3, -0.25) is 81.9 Å². The number of nitrogens with one attached hydrogen (secondary N) is 4. The van der Waals surface area contributed by atoms with Crippen LogP contribution in [-0.4, -0.2) is 242 Å². The van der Waals surface area contributed by atoms with Crippen molar-refractivity contribution < 1.29 is 112 Å². The first kappa shape index (κ1) is 84.0. The van der Waals surface area contributed by atoms with Crippen LogP contribution < -0.4 is 21.3 Å². The summed E-state index contributed by atoms with van der Waals surface area (Å²) >= 11 is 1.91. The molecule has 1 aliphatic heterocycles. The maximum Gasteiger partial charge on any atom is 0.320 e. The summed E-state index contributed by atoms with van der Waals surface area (Å²) in [5, 5.41) is 79.4. The Morgan fingerprint density at radius 3 is 1.55 bits per heavy atom. The number of phenols is 1. The van der Waals surface area contributed by atoms with Gasteiger partial charge in [-0.2, -0.15) is 0 Å². The molecule has 1 saturated heterocycles. The summed E-state index contributed by atoms with van der Waals surface area (Å²) in [6.45, 7) is -0.330. The van der Waals surface area contributed by atoms with E-state index in [-0.39, 0.29) is 153 Å². The van der Waals surface area contributed by atoms with Crippen LogP contribution in [0.15, 0.2) is 48.5 Å². The average Bonchev–Trinajstić information content (AvgIpc) is 0.996. The van der Waals surface area contributed by atoms with Gasteiger partial charge in [0, 0.05) is 116 Å². The van der Waals surface area contributed by atoms with Gasteiger partial charge >= 0.3 is 41.8 Å². The Balaban J connectivity index is 1.57. The number of ketones is 3. The van der Waals surface area contributed by atoms with Crippen LogP contribution in [-0.2, 0) is 84.6 Å². The van der Waals surface area contributed by atoms with Crippen molar-refractivity contribution in [2.24, 2.45) is 11.8 Å². The fourth-order valence-corrected chi connectivity index (χ4v) is 11.7. The first-order valence-electron chi connectivity index (χ1n) is 32.9. The number of rotatable bonds is 50. The highest BCUT2D eigenvalue weighted by atomic mass is 127. The molecule has 6 atom stereocenters. The number of carboxylic acids is 6. The Labute approximate surface area is 582 Å². The van der Waals surface area contributed by atoms with Crippen LogP contribution in [0.25, 0.3) is 0 Å². The number of carbonyl (C=O) groups is 14. The number of nitrogens with zero attached hydrogens (tertiary/aromatic N) is 4. The number of unbranched alkanes of at least 4 members (excludes halogenated alkanes) is 6. The van der Waals surface area contributed by atoms with Gasteiger partial charge in [-0.15, -0.1) is 0 Å². The van der Waals surface area contributed by atoms with Crippen molar-refractivity contribution in [3.05, 3.63) is 63.2 Å². The second-order valence-electron chi connectivity index (χ2n) is 24.2. The lowest BCUT2D eigenvalue weighted by Crippen LogP contribution is -2.52. The quantitative estimate of drug-likeness (QED) is 0.0195. The highest BCUT2D eigenvalue weighted by Gasteiger charge is 2.33. The fraction of sp³-hybridized carbons (Fsp3) is 0.606. The van der Waals surface area contributed by atoms with Gasteiger partial charge in [0.2, 0.25) is 11.8 Å². The first-order valence-corrected chi connectivity index (χ1v) is 34.0. The number of halogens is 1. The molecule has 0 spiro atoms. The molecule has 98 heavy (non-hydrogen) atoms. The number of Topliss-reactive ketones (excluding diaryl/α,β-unsaturated/α-hetero) is 3. The van der Waals surface area contributed by atoms with E-state index in [2.05, 4.69) is 26.0 Å². The van der Waals surface area contributed by atoms with Crippen LogP contribution in [0.3, 0.4) is 0 Å². The molecule has 0 aliphatic carbocycles. The Hall–Kier alpha value is -8.21. The third-order valence-electron chi connectivity index (χ3n) is 16.5. The van der Waals surface area contributed by atoms with Crippen LogP contribution in [0.2, 0.25) is 0 Å². The van der Waals surface area contributed by atoms with E-state index >= 15 is 0 Å². The van der Waals surface area contributed by atoms with Gasteiger partial charge in [-0.1, -0.05) is 62.1 Å². The smallest absolute Gasteiger partial charge is 0.320 e. The van der Waals surface area contributed by atoms with Crippen LogP contribution >= 0.6 is 22.6 Å². The number of aromatic hydroxyl groups is 1. The molecule has 2 aromatic carbocycles. The Kier molecular flexibility index (Phi) is 40.9. The van der Waals surface area contributed by atoms with E-state index in [1.54, 1.807) is 47.4 Å². The van der Waals surface area contributed by atoms with Gasteiger partial charge in [0.05, 0.1) is 41.6 Å². The number of phenolic OH excluding ortho intramolecular Hbond substituents is 1. The van der Waals surface area contributed by atoms with E-state index in [0.717, 1.165) is 0 Å². The number of benzene rings is 2. The second-order valence-corrected chi connectivity index (χ2v) is 25.4. The third-order valence-corrected chi connectivity index (χ3v) is 17.3. The van der Waals surface area contributed by atoms with Crippen LogP contribution in [0.1, 0.15) is 140 Å². The minimum atomic E-state index is -1.34. The monoisotopic (exact) mass is 1490 g/mol. The van der Waals surface area contributed by atoms with Crippen molar-refractivity contribution in [2.45, 2.75) is 166 Å². The van der Waals surface area contributed by atoms with E-state index < -0.39 is 122 Å². The number of carbonyl (C=O) groups excluding carboxylic acids is 8. The molecular formula is C66H95IN8O23. The molecule has 3 rings (SSSR count). The number of ether oxygens (including phenoxy) is 2. The predicted octanol–water partition coefficient (Wildman–Crippen LogP) is 3.52. The lowest BCUT2D eigenvalue weighted by molar-refractivity contribution is -0.145. The molecule has 32 heteroatoms. The molecule has 11 N–H and O–H groups in total. The number of hydrogen-bond acceptors (Lipinski definition) is 21. The maximum absolute atomic E-state index is 14.6. The van der Waals surface area contributed by atoms with Gasteiger partial charge in [0.1, 0.15) is 23.4 Å². The normalized spacial score (nSPS) is 15.4. The second kappa shape index (κ2) is 47.7. The lowest BCUT2D eigenvalue weighted by Gasteiger charge is -2.35. The van der Waals surface area contributed by atoms with E-state index in [1.807, 2.05) is 22.6 Å². The van der Waals surface area contributed by atoms with Crippen molar-refractivity contribution in [1.29, 1.82) is 0 Å². The van der Waals surface area contributed by atoms with Crippen molar-refractivity contribution in [3.63, 3.8) is 0 Å². The molecule has 0 radical (unpaired) electrons. The number of hydrogen-bond donors (Lipinski definition) is 11. The first-order chi connectivity index (χ1) is 46.7. The number of aliphatic carboxylic acids is 6. The molecule has 31 nitrogen and oxygen atoms in total. The molecule has 2 aromatic rings. The predicted molar refractivity (Wildman–Crippen MR) is 358 cm³/mol. The van der Waals surface area contributed by atoms with Crippen LogP contribution in [0, 0.1) is 15.4 Å². The standard InChI is InChI=1S/C66H95IN8O23/c67-51-36-46(20-23-54(51)80)35-48(38-50(79)21-22-53(65(94)95)75-33-31-73(41-61(87)88)29-27-72(40-60(85)86)28-30-74(32-34-75)42-62(89)90)63(91)69-52(37-45-13-5-3-6-14-45)55(81)39-47(64(92)93)15-7-4-9-17-49(78)16-8-1-2-10-18-56(82)68-26-12-11-19-57(97-43-76)70-66(96)71-58(98-44-77)24-25-59(83)84/h3,5-6,13-14,20,23,36,43-44,47-48,52-53,57-58,80H,1-2,4,7-12,15-19,21-22,24-35,37-42H2,(H,68,82)(H,69,91)(H,83,84)(H,85,86)(H,87,88)(H,89,90)(H,92,93)(H,94,95)(H2,70,71,96)/t47-,48-,52+,53?,57+,58+/m0/s1. The Morgan fingerprint density at radius 1 is 0.500 bits per heavy atom. The van der Waals surface area contributed by atoms with E-state index in [1.165, 1.54) is 20.8 Å². The lowest BCUT2D eigenvalue weighted by atomic mass is 9.89. The summed E-state index contributed by atoms with van der Waals surface area (Å²) in [4.78, 5) is 181.